The lowest BCUT2D eigenvalue weighted by Crippen LogP contribution is -2.26. The standard InChI is InChI=1S/C25H24F2N4O4/c1-14(33-3)25(2,13-28)16-7-8-31-18(12-29-21(31)11-16)15-9-19(34-4)22(20(10-15)35-24(26)27)23(32)30-17-5-6-17/h7-12,17,24H,1,5-6H2,2-4H3,(H,30,32). The third-order valence-electron chi connectivity index (χ3n) is 6.06. The van der Waals surface area contributed by atoms with Crippen LogP contribution in [-0.4, -0.2) is 42.2 Å². The third-order valence-corrected chi connectivity index (χ3v) is 6.06. The number of nitrogens with zero attached hydrogens (tertiary/aromatic N) is 3. The van der Waals surface area contributed by atoms with Crippen LogP contribution in [0.2, 0.25) is 0 Å². The Labute approximate surface area is 200 Å². The molecule has 4 rings (SSSR count). The Morgan fingerprint density at radius 1 is 1.31 bits per heavy atom. The van der Waals surface area contributed by atoms with Crippen molar-refractivity contribution in [2.75, 3.05) is 14.2 Å². The topological polar surface area (TPSA) is 97.9 Å². The summed E-state index contributed by atoms with van der Waals surface area (Å²) in [6.07, 6.45) is 4.94. The van der Waals surface area contributed by atoms with Crippen LogP contribution in [0.3, 0.4) is 0 Å². The molecule has 3 aromatic rings. The number of ether oxygens (including phenoxy) is 3. The molecule has 8 nitrogen and oxygen atoms in total. The number of hydrogen-bond acceptors (Lipinski definition) is 6. The third kappa shape index (κ3) is 4.49. The molecule has 1 atom stereocenters. The van der Waals surface area contributed by atoms with Crippen molar-refractivity contribution in [3.63, 3.8) is 0 Å². The van der Waals surface area contributed by atoms with Gasteiger partial charge in [-0.3, -0.25) is 9.20 Å². The molecular weight excluding hydrogens is 458 g/mol. The van der Waals surface area contributed by atoms with Gasteiger partial charge < -0.3 is 19.5 Å². The summed E-state index contributed by atoms with van der Waals surface area (Å²) in [5.41, 5.74) is 0.937. The zero-order valence-corrected chi connectivity index (χ0v) is 19.5. The number of nitriles is 1. The maximum absolute atomic E-state index is 13.2. The Kier molecular flexibility index (Phi) is 6.35. The van der Waals surface area contributed by atoms with E-state index in [4.69, 9.17) is 14.2 Å². The lowest BCUT2D eigenvalue weighted by atomic mass is 9.83. The van der Waals surface area contributed by atoms with Crippen LogP contribution >= 0.6 is 0 Å². The number of pyridine rings is 1. The molecule has 0 saturated heterocycles. The van der Waals surface area contributed by atoms with Crippen molar-refractivity contribution in [3.05, 3.63) is 60.1 Å². The number of alkyl halides is 2. The fourth-order valence-corrected chi connectivity index (χ4v) is 3.79. The number of aromatic nitrogens is 2. The molecular formula is C25H24F2N4O4. The van der Waals surface area contributed by atoms with Gasteiger partial charge in [-0.15, -0.1) is 0 Å². The molecule has 2 heterocycles. The first-order valence-corrected chi connectivity index (χ1v) is 10.8. The molecule has 0 aliphatic heterocycles. The van der Waals surface area contributed by atoms with Gasteiger partial charge in [-0.25, -0.2) is 4.98 Å². The highest BCUT2D eigenvalue weighted by Gasteiger charge is 2.32. The number of carbonyl (C=O) groups is 1. The van der Waals surface area contributed by atoms with Crippen LogP contribution in [0.1, 0.15) is 35.7 Å². The lowest BCUT2D eigenvalue weighted by molar-refractivity contribution is -0.0502. The van der Waals surface area contributed by atoms with Gasteiger partial charge in [-0.05, 0) is 49.6 Å². The number of rotatable bonds is 9. The van der Waals surface area contributed by atoms with Crippen LogP contribution in [0.25, 0.3) is 16.9 Å². The van der Waals surface area contributed by atoms with Crippen molar-refractivity contribution < 1.29 is 27.8 Å². The molecule has 1 N–H and O–H groups in total. The van der Waals surface area contributed by atoms with Gasteiger partial charge >= 0.3 is 6.61 Å². The Morgan fingerprint density at radius 3 is 2.63 bits per heavy atom. The van der Waals surface area contributed by atoms with Gasteiger partial charge in [0, 0.05) is 17.8 Å². The average Bonchev–Trinajstić information content (AvgIpc) is 3.56. The first-order valence-electron chi connectivity index (χ1n) is 10.8. The van der Waals surface area contributed by atoms with E-state index in [0.717, 1.165) is 12.8 Å². The zero-order valence-electron chi connectivity index (χ0n) is 19.5. The summed E-state index contributed by atoms with van der Waals surface area (Å²) in [5, 5.41) is 12.5. The maximum Gasteiger partial charge on any atom is 0.387 e. The van der Waals surface area contributed by atoms with Crippen LogP contribution < -0.4 is 14.8 Å². The van der Waals surface area contributed by atoms with E-state index in [9.17, 15) is 18.8 Å². The number of halogens is 2. The van der Waals surface area contributed by atoms with Gasteiger partial charge in [-0.1, -0.05) is 6.58 Å². The molecule has 1 fully saturated rings. The second-order valence-corrected chi connectivity index (χ2v) is 8.33. The molecule has 1 amide bonds. The fraction of sp³-hybridized carbons (Fsp3) is 0.320. The summed E-state index contributed by atoms with van der Waals surface area (Å²) in [6.45, 7) is 2.39. The minimum atomic E-state index is -3.13. The van der Waals surface area contributed by atoms with Crippen molar-refractivity contribution in [1.82, 2.24) is 14.7 Å². The van der Waals surface area contributed by atoms with E-state index in [2.05, 4.69) is 22.9 Å². The molecule has 1 aliphatic carbocycles. The van der Waals surface area contributed by atoms with Crippen molar-refractivity contribution in [2.45, 2.75) is 37.8 Å². The van der Waals surface area contributed by atoms with Crippen LogP contribution in [0.15, 0.2) is 49.0 Å². The quantitative estimate of drug-likeness (QED) is 0.453. The largest absolute Gasteiger partial charge is 0.500 e. The van der Waals surface area contributed by atoms with Gasteiger partial charge in [-0.2, -0.15) is 14.0 Å². The highest BCUT2D eigenvalue weighted by atomic mass is 19.3. The highest BCUT2D eigenvalue weighted by molar-refractivity contribution is 6.01. The number of nitrogens with one attached hydrogen (secondary N) is 1. The molecule has 182 valence electrons. The van der Waals surface area contributed by atoms with Crippen molar-refractivity contribution in [3.8, 4) is 28.8 Å². The predicted molar refractivity (Wildman–Crippen MR) is 123 cm³/mol. The van der Waals surface area contributed by atoms with Crippen molar-refractivity contribution >= 4 is 11.6 Å². The number of allylic oxidation sites excluding steroid dienone is 1. The van der Waals surface area contributed by atoms with E-state index in [0.29, 0.717) is 22.5 Å². The molecule has 1 aliphatic rings. The minimum Gasteiger partial charge on any atom is -0.500 e. The highest BCUT2D eigenvalue weighted by Crippen LogP contribution is 2.38. The van der Waals surface area contributed by atoms with Gasteiger partial charge in [0.25, 0.3) is 5.91 Å². The number of imidazole rings is 1. The summed E-state index contributed by atoms with van der Waals surface area (Å²) in [5.74, 6) is -0.456. The summed E-state index contributed by atoms with van der Waals surface area (Å²) in [7, 11) is 2.80. The Balaban J connectivity index is 1.81. The number of methoxy groups -OCH3 is 2. The van der Waals surface area contributed by atoms with Gasteiger partial charge in [0.1, 0.15) is 33.9 Å². The molecule has 1 saturated carbocycles. The van der Waals surface area contributed by atoms with Gasteiger partial charge in [0.15, 0.2) is 0 Å². The molecule has 0 radical (unpaired) electrons. The van der Waals surface area contributed by atoms with E-state index in [1.165, 1.54) is 20.3 Å². The zero-order chi connectivity index (χ0) is 25.3. The molecule has 35 heavy (non-hydrogen) atoms. The number of carbonyl (C=O) groups excluding carboxylic acids is 1. The van der Waals surface area contributed by atoms with Crippen molar-refractivity contribution in [2.24, 2.45) is 0 Å². The monoisotopic (exact) mass is 482 g/mol. The lowest BCUT2D eigenvalue weighted by Gasteiger charge is -2.23. The minimum absolute atomic E-state index is 0.0209. The van der Waals surface area contributed by atoms with E-state index in [1.54, 1.807) is 41.9 Å². The summed E-state index contributed by atoms with van der Waals surface area (Å²) < 4.78 is 43.5. The number of fused-ring (bicyclic) bond motifs is 1. The summed E-state index contributed by atoms with van der Waals surface area (Å²) in [6, 6.07) is 8.63. The Morgan fingerprint density at radius 2 is 2.03 bits per heavy atom. The molecule has 2 aromatic heterocycles. The van der Waals surface area contributed by atoms with E-state index in [1.807, 2.05) is 0 Å². The van der Waals surface area contributed by atoms with E-state index in [-0.39, 0.29) is 28.9 Å². The SMILES string of the molecule is C=C(OC)C(C)(C#N)c1ccn2c(-c3cc(OC)c(C(=O)NC4CC4)c(OC(F)F)c3)cnc2c1. The van der Waals surface area contributed by atoms with E-state index < -0.39 is 17.9 Å². The molecule has 1 aromatic carbocycles. The van der Waals surface area contributed by atoms with Crippen molar-refractivity contribution in [1.29, 1.82) is 5.26 Å². The Hall–Kier alpha value is -4.13. The van der Waals surface area contributed by atoms with Crippen LogP contribution in [0.4, 0.5) is 8.78 Å². The van der Waals surface area contributed by atoms with Gasteiger partial charge in [0.2, 0.25) is 0 Å². The second kappa shape index (κ2) is 9.25. The van der Waals surface area contributed by atoms with Crippen LogP contribution in [0.5, 0.6) is 11.5 Å². The molecule has 10 heteroatoms. The molecule has 1 unspecified atom stereocenters. The summed E-state index contributed by atoms with van der Waals surface area (Å²) in [4.78, 5) is 17.2. The average molecular weight is 482 g/mol. The molecule has 0 bridgehead atoms. The predicted octanol–water partition coefficient (Wildman–Crippen LogP) is 4.44. The van der Waals surface area contributed by atoms with Crippen LogP contribution in [-0.2, 0) is 10.2 Å². The summed E-state index contributed by atoms with van der Waals surface area (Å²) >= 11 is 0. The normalized spacial score (nSPS) is 14.8. The fourth-order valence-electron chi connectivity index (χ4n) is 3.79. The smallest absolute Gasteiger partial charge is 0.387 e. The number of benzene rings is 1. The first kappa shape index (κ1) is 24.0. The van der Waals surface area contributed by atoms with E-state index >= 15 is 0 Å². The maximum atomic E-state index is 13.2. The number of hydrogen-bond donors (Lipinski definition) is 1. The Bertz CT molecular complexity index is 1340. The van der Waals surface area contributed by atoms with Gasteiger partial charge in [0.05, 0.1) is 32.2 Å². The molecule has 0 spiro atoms. The first-order chi connectivity index (χ1) is 16.7. The van der Waals surface area contributed by atoms with Crippen LogP contribution in [0, 0.1) is 11.3 Å². The second-order valence-electron chi connectivity index (χ2n) is 8.33. The number of amides is 1.